The summed E-state index contributed by atoms with van der Waals surface area (Å²) in [6.45, 7) is 6.70. The lowest BCUT2D eigenvalue weighted by Crippen LogP contribution is -2.53. The molecule has 3 heterocycles. The van der Waals surface area contributed by atoms with Gasteiger partial charge in [-0.2, -0.15) is 4.98 Å². The number of hydrogen-bond acceptors (Lipinski definition) is 5. The Labute approximate surface area is 177 Å². The van der Waals surface area contributed by atoms with Gasteiger partial charge in [0.15, 0.2) is 0 Å². The van der Waals surface area contributed by atoms with Gasteiger partial charge in [0, 0.05) is 24.7 Å². The molecule has 4 rings (SSSR count). The molecule has 1 aromatic heterocycles. The Hall–Kier alpha value is -2.28. The van der Waals surface area contributed by atoms with Crippen molar-refractivity contribution in [3.05, 3.63) is 36.0 Å². The molecule has 0 N–H and O–H groups in total. The molecule has 0 aliphatic carbocycles. The van der Waals surface area contributed by atoms with Gasteiger partial charge in [-0.1, -0.05) is 24.2 Å². The number of carbonyl (C=O) groups excluding carboxylic acids is 1. The number of nitrogens with zero attached hydrogens (tertiary/aromatic N) is 4. The van der Waals surface area contributed by atoms with Gasteiger partial charge in [0.05, 0.1) is 12.0 Å². The van der Waals surface area contributed by atoms with Crippen molar-refractivity contribution < 1.29 is 13.7 Å². The lowest BCUT2D eigenvalue weighted by Gasteiger charge is -2.41. The molecular weight excluding hydrogens is 383 g/mol. The number of rotatable bonds is 5. The van der Waals surface area contributed by atoms with E-state index in [1.807, 2.05) is 6.92 Å². The zero-order valence-electron chi connectivity index (χ0n) is 17.9. The predicted molar refractivity (Wildman–Crippen MR) is 112 cm³/mol. The second kappa shape index (κ2) is 9.25. The van der Waals surface area contributed by atoms with E-state index in [0.717, 1.165) is 51.7 Å². The lowest BCUT2D eigenvalue weighted by molar-refractivity contribution is -0.140. The molecule has 7 heteroatoms. The van der Waals surface area contributed by atoms with E-state index >= 15 is 0 Å². The van der Waals surface area contributed by atoms with Crippen LogP contribution in [0.2, 0.25) is 0 Å². The summed E-state index contributed by atoms with van der Waals surface area (Å²) in [5, 5.41) is 4.06. The molecule has 2 saturated heterocycles. The third kappa shape index (κ3) is 4.41. The molecule has 0 bridgehead atoms. The van der Waals surface area contributed by atoms with Crippen LogP contribution in [-0.2, 0) is 4.79 Å². The Morgan fingerprint density at radius 3 is 2.93 bits per heavy atom. The van der Waals surface area contributed by atoms with E-state index in [0.29, 0.717) is 23.3 Å². The summed E-state index contributed by atoms with van der Waals surface area (Å²) in [6.07, 6.45) is 6.38. The molecule has 1 aromatic carbocycles. The molecule has 3 atom stereocenters. The molecule has 2 aliphatic heterocycles. The minimum atomic E-state index is -0.321. The highest BCUT2D eigenvalue weighted by Crippen LogP contribution is 2.30. The van der Waals surface area contributed by atoms with Gasteiger partial charge in [-0.25, -0.2) is 4.39 Å². The quantitative estimate of drug-likeness (QED) is 0.733. The minimum absolute atomic E-state index is 0.0899. The average Bonchev–Trinajstić information content (AvgIpc) is 3.28. The lowest BCUT2D eigenvalue weighted by atomic mass is 9.95. The zero-order chi connectivity index (χ0) is 21.1. The maximum absolute atomic E-state index is 13.5. The number of benzene rings is 1. The van der Waals surface area contributed by atoms with Gasteiger partial charge in [0.1, 0.15) is 5.82 Å². The van der Waals surface area contributed by atoms with Crippen molar-refractivity contribution >= 4 is 5.91 Å². The van der Waals surface area contributed by atoms with E-state index in [2.05, 4.69) is 26.9 Å². The number of carbonyl (C=O) groups is 1. The van der Waals surface area contributed by atoms with Gasteiger partial charge in [0.25, 0.3) is 0 Å². The second-order valence-corrected chi connectivity index (χ2v) is 8.57. The predicted octanol–water partition coefficient (Wildman–Crippen LogP) is 4.23. The summed E-state index contributed by atoms with van der Waals surface area (Å²) < 4.78 is 19.0. The summed E-state index contributed by atoms with van der Waals surface area (Å²) in [6, 6.07) is 6.44. The minimum Gasteiger partial charge on any atom is -0.339 e. The first kappa shape index (κ1) is 21.0. The highest BCUT2D eigenvalue weighted by Gasteiger charge is 2.35. The Bertz CT molecular complexity index is 870. The molecule has 0 spiro atoms. The van der Waals surface area contributed by atoms with Crippen LogP contribution in [0.4, 0.5) is 4.39 Å². The number of hydrogen-bond donors (Lipinski definition) is 0. The van der Waals surface area contributed by atoms with Crippen LogP contribution in [0.25, 0.3) is 11.4 Å². The first-order valence-electron chi connectivity index (χ1n) is 11.2. The van der Waals surface area contributed by atoms with Crippen molar-refractivity contribution in [3.8, 4) is 11.4 Å². The standard InChI is InChI=1S/C23H31FN4O2/c1-3-20-11-4-5-13-28(20)23(29)16(2)27-12-7-9-18(15-27)22-25-21(26-30-22)17-8-6-10-19(24)14-17/h6,8,10,14,16,18,20H,3-5,7,9,11-13,15H2,1-2H3. The van der Waals surface area contributed by atoms with Crippen LogP contribution >= 0.6 is 0 Å². The molecule has 6 nitrogen and oxygen atoms in total. The summed E-state index contributed by atoms with van der Waals surface area (Å²) >= 11 is 0. The van der Waals surface area contributed by atoms with Crippen LogP contribution in [0.1, 0.15) is 64.2 Å². The third-order valence-corrected chi connectivity index (χ3v) is 6.61. The number of halogens is 1. The van der Waals surface area contributed by atoms with Gasteiger partial charge >= 0.3 is 0 Å². The monoisotopic (exact) mass is 414 g/mol. The van der Waals surface area contributed by atoms with Crippen LogP contribution in [0.15, 0.2) is 28.8 Å². The van der Waals surface area contributed by atoms with E-state index < -0.39 is 0 Å². The van der Waals surface area contributed by atoms with Crippen molar-refractivity contribution in [1.29, 1.82) is 0 Å². The number of amides is 1. The molecule has 2 aliphatic rings. The van der Waals surface area contributed by atoms with Crippen LogP contribution in [0.5, 0.6) is 0 Å². The Balaban J connectivity index is 1.43. The first-order chi connectivity index (χ1) is 14.6. The third-order valence-electron chi connectivity index (χ3n) is 6.61. The van der Waals surface area contributed by atoms with Crippen LogP contribution in [-0.4, -0.2) is 57.6 Å². The highest BCUT2D eigenvalue weighted by molar-refractivity contribution is 5.82. The number of aromatic nitrogens is 2. The average molecular weight is 415 g/mol. The van der Waals surface area contributed by atoms with Gasteiger partial charge in [-0.3, -0.25) is 9.69 Å². The summed E-state index contributed by atoms with van der Waals surface area (Å²) in [4.78, 5) is 22.1. The summed E-state index contributed by atoms with van der Waals surface area (Å²) in [7, 11) is 0. The maximum atomic E-state index is 13.5. The highest BCUT2D eigenvalue weighted by atomic mass is 19.1. The van der Waals surface area contributed by atoms with Crippen molar-refractivity contribution in [3.63, 3.8) is 0 Å². The molecule has 2 aromatic rings. The fourth-order valence-corrected chi connectivity index (χ4v) is 4.82. The molecule has 1 amide bonds. The van der Waals surface area contributed by atoms with Crippen molar-refractivity contribution in [1.82, 2.24) is 19.9 Å². The van der Waals surface area contributed by atoms with E-state index in [1.54, 1.807) is 12.1 Å². The van der Waals surface area contributed by atoms with E-state index in [9.17, 15) is 9.18 Å². The SMILES string of the molecule is CCC1CCCCN1C(=O)C(C)N1CCCC(c2nc(-c3cccc(F)c3)no2)C1. The van der Waals surface area contributed by atoms with Gasteiger partial charge in [-0.15, -0.1) is 0 Å². The molecule has 0 radical (unpaired) electrons. The Morgan fingerprint density at radius 2 is 2.13 bits per heavy atom. The number of likely N-dealkylation sites (tertiary alicyclic amines) is 2. The largest absolute Gasteiger partial charge is 0.339 e. The Morgan fingerprint density at radius 1 is 1.27 bits per heavy atom. The molecule has 30 heavy (non-hydrogen) atoms. The van der Waals surface area contributed by atoms with Crippen LogP contribution in [0, 0.1) is 5.82 Å². The molecular formula is C23H31FN4O2. The van der Waals surface area contributed by atoms with Crippen LogP contribution in [0.3, 0.4) is 0 Å². The van der Waals surface area contributed by atoms with E-state index in [4.69, 9.17) is 4.52 Å². The van der Waals surface area contributed by atoms with E-state index in [1.165, 1.54) is 18.6 Å². The van der Waals surface area contributed by atoms with Gasteiger partial charge < -0.3 is 9.42 Å². The molecule has 162 valence electrons. The smallest absolute Gasteiger partial charge is 0.239 e. The second-order valence-electron chi connectivity index (χ2n) is 8.57. The maximum Gasteiger partial charge on any atom is 0.239 e. The van der Waals surface area contributed by atoms with Crippen molar-refractivity contribution in [2.75, 3.05) is 19.6 Å². The molecule has 0 saturated carbocycles. The molecule has 3 unspecified atom stereocenters. The fourth-order valence-electron chi connectivity index (χ4n) is 4.82. The van der Waals surface area contributed by atoms with E-state index in [-0.39, 0.29) is 23.7 Å². The fraction of sp³-hybridized carbons (Fsp3) is 0.609. The van der Waals surface area contributed by atoms with Crippen LogP contribution < -0.4 is 0 Å². The first-order valence-corrected chi connectivity index (χ1v) is 11.2. The summed E-state index contributed by atoms with van der Waals surface area (Å²) in [5.41, 5.74) is 0.608. The Kier molecular flexibility index (Phi) is 6.46. The molecule has 2 fully saturated rings. The topological polar surface area (TPSA) is 62.5 Å². The van der Waals surface area contributed by atoms with Gasteiger partial charge in [-0.05, 0) is 64.1 Å². The summed E-state index contributed by atoms with van der Waals surface area (Å²) in [5.74, 6) is 0.992. The van der Waals surface area contributed by atoms with Crippen molar-refractivity contribution in [2.45, 2.75) is 70.4 Å². The zero-order valence-corrected chi connectivity index (χ0v) is 17.9. The normalized spacial score (nSPS) is 24.0. The number of piperidine rings is 2. The van der Waals surface area contributed by atoms with Gasteiger partial charge in [0.2, 0.25) is 17.6 Å². The van der Waals surface area contributed by atoms with Crippen molar-refractivity contribution in [2.24, 2.45) is 0 Å².